The molecule has 1 N–H and O–H groups in total. The minimum absolute atomic E-state index is 0.190. The van der Waals surface area contributed by atoms with E-state index in [0.717, 1.165) is 30.8 Å². The van der Waals surface area contributed by atoms with Crippen LogP contribution in [0.25, 0.3) is 0 Å². The summed E-state index contributed by atoms with van der Waals surface area (Å²) < 4.78 is 5.41. The number of carbonyl (C=O) groups excluding carboxylic acids is 1. The molecule has 0 aromatic carbocycles. The zero-order valence-electron chi connectivity index (χ0n) is 11.1. The predicted octanol–water partition coefficient (Wildman–Crippen LogP) is 3.25. The number of hydrogen-bond donors (Lipinski definition) is 1. The van der Waals surface area contributed by atoms with Gasteiger partial charge in [0.1, 0.15) is 5.76 Å². The minimum Gasteiger partial charge on any atom is -0.469 e. The smallest absolute Gasteiger partial charge is 0.158 e. The highest BCUT2D eigenvalue weighted by atomic mass is 16.3. The van der Waals surface area contributed by atoms with Crippen molar-refractivity contribution in [1.29, 1.82) is 0 Å². The third-order valence-corrected chi connectivity index (χ3v) is 3.27. The van der Waals surface area contributed by atoms with Gasteiger partial charge in [-0.25, -0.2) is 0 Å². The fraction of sp³-hybridized carbons (Fsp3) is 0.533. The van der Waals surface area contributed by atoms with E-state index >= 15 is 0 Å². The van der Waals surface area contributed by atoms with Crippen molar-refractivity contribution in [3.63, 3.8) is 0 Å². The highest BCUT2D eigenvalue weighted by molar-refractivity contribution is 5.91. The standard InChI is InChI=1S/C15H21NO2/c1-11(2)5-6-16-13-8-12(9-14(17)10-13)15-4-3-7-18-15/h3-4,7,10-12,16H,5-6,8-9H2,1-2H3. The quantitative estimate of drug-likeness (QED) is 0.868. The van der Waals surface area contributed by atoms with Gasteiger partial charge in [0.25, 0.3) is 0 Å². The molecule has 0 amide bonds. The summed E-state index contributed by atoms with van der Waals surface area (Å²) in [6.45, 7) is 5.34. The molecule has 0 spiro atoms. The van der Waals surface area contributed by atoms with Crippen molar-refractivity contribution in [3.8, 4) is 0 Å². The van der Waals surface area contributed by atoms with Crippen molar-refractivity contribution in [2.24, 2.45) is 5.92 Å². The molecular weight excluding hydrogens is 226 g/mol. The number of ketones is 1. The summed E-state index contributed by atoms with van der Waals surface area (Å²) in [7, 11) is 0. The molecule has 3 nitrogen and oxygen atoms in total. The third-order valence-electron chi connectivity index (χ3n) is 3.27. The number of nitrogens with one attached hydrogen (secondary N) is 1. The summed E-state index contributed by atoms with van der Waals surface area (Å²) in [5.74, 6) is 1.98. The van der Waals surface area contributed by atoms with Crippen LogP contribution in [0, 0.1) is 5.92 Å². The molecule has 0 bridgehead atoms. The van der Waals surface area contributed by atoms with E-state index in [1.165, 1.54) is 0 Å². The van der Waals surface area contributed by atoms with Crippen LogP contribution in [-0.2, 0) is 4.79 Å². The van der Waals surface area contributed by atoms with E-state index in [2.05, 4.69) is 19.2 Å². The highest BCUT2D eigenvalue weighted by Gasteiger charge is 2.23. The Morgan fingerprint density at radius 3 is 2.94 bits per heavy atom. The number of allylic oxidation sites excluding steroid dienone is 2. The van der Waals surface area contributed by atoms with Crippen LogP contribution in [0.5, 0.6) is 0 Å². The molecule has 0 saturated carbocycles. The highest BCUT2D eigenvalue weighted by Crippen LogP contribution is 2.30. The van der Waals surface area contributed by atoms with E-state index in [1.807, 2.05) is 12.1 Å². The average Bonchev–Trinajstić information content (AvgIpc) is 2.81. The Balaban J connectivity index is 1.93. The van der Waals surface area contributed by atoms with Gasteiger partial charge in [-0.05, 0) is 30.9 Å². The van der Waals surface area contributed by atoms with E-state index in [-0.39, 0.29) is 11.7 Å². The van der Waals surface area contributed by atoms with Gasteiger partial charge in [-0.1, -0.05) is 13.8 Å². The second-order valence-electron chi connectivity index (χ2n) is 5.37. The summed E-state index contributed by atoms with van der Waals surface area (Å²) >= 11 is 0. The third kappa shape index (κ3) is 3.49. The lowest BCUT2D eigenvalue weighted by Gasteiger charge is -2.21. The lowest BCUT2D eigenvalue weighted by Crippen LogP contribution is -2.23. The Morgan fingerprint density at radius 1 is 1.44 bits per heavy atom. The zero-order valence-corrected chi connectivity index (χ0v) is 11.1. The molecule has 1 aromatic heterocycles. The maximum absolute atomic E-state index is 11.7. The van der Waals surface area contributed by atoms with Crippen LogP contribution in [0.2, 0.25) is 0 Å². The molecule has 0 fully saturated rings. The van der Waals surface area contributed by atoms with Crippen LogP contribution in [0.1, 0.15) is 44.8 Å². The number of rotatable bonds is 5. The van der Waals surface area contributed by atoms with Gasteiger partial charge < -0.3 is 9.73 Å². The van der Waals surface area contributed by atoms with Crippen molar-refractivity contribution in [2.75, 3.05) is 6.54 Å². The van der Waals surface area contributed by atoms with Crippen molar-refractivity contribution in [1.82, 2.24) is 5.32 Å². The van der Waals surface area contributed by atoms with Crippen LogP contribution in [0.15, 0.2) is 34.6 Å². The van der Waals surface area contributed by atoms with Gasteiger partial charge in [0, 0.05) is 30.7 Å². The molecule has 0 aliphatic heterocycles. The second-order valence-corrected chi connectivity index (χ2v) is 5.37. The predicted molar refractivity (Wildman–Crippen MR) is 71.2 cm³/mol. The monoisotopic (exact) mass is 247 g/mol. The van der Waals surface area contributed by atoms with Gasteiger partial charge in [-0.2, -0.15) is 0 Å². The van der Waals surface area contributed by atoms with Crippen LogP contribution in [0.4, 0.5) is 0 Å². The lowest BCUT2D eigenvalue weighted by molar-refractivity contribution is -0.115. The van der Waals surface area contributed by atoms with Gasteiger partial charge in [-0.3, -0.25) is 4.79 Å². The first-order chi connectivity index (χ1) is 8.65. The molecule has 1 atom stereocenters. The van der Waals surface area contributed by atoms with Crippen LogP contribution in [-0.4, -0.2) is 12.3 Å². The number of hydrogen-bond acceptors (Lipinski definition) is 3. The van der Waals surface area contributed by atoms with E-state index < -0.39 is 0 Å². The molecule has 3 heteroatoms. The number of carbonyl (C=O) groups is 1. The summed E-state index contributed by atoms with van der Waals surface area (Å²) in [4.78, 5) is 11.7. The average molecular weight is 247 g/mol. The summed E-state index contributed by atoms with van der Waals surface area (Å²) in [6.07, 6.45) is 5.97. The molecule has 1 aromatic rings. The first-order valence-electron chi connectivity index (χ1n) is 6.66. The van der Waals surface area contributed by atoms with Gasteiger partial charge >= 0.3 is 0 Å². The van der Waals surface area contributed by atoms with Crippen molar-refractivity contribution in [3.05, 3.63) is 35.9 Å². The maximum Gasteiger partial charge on any atom is 0.158 e. The van der Waals surface area contributed by atoms with E-state index in [1.54, 1.807) is 12.3 Å². The van der Waals surface area contributed by atoms with Gasteiger partial charge in [0.15, 0.2) is 5.78 Å². The topological polar surface area (TPSA) is 42.2 Å². The van der Waals surface area contributed by atoms with Gasteiger partial charge in [0.2, 0.25) is 0 Å². The summed E-state index contributed by atoms with van der Waals surface area (Å²) in [5.41, 5.74) is 1.05. The normalized spacial score (nSPS) is 20.1. The van der Waals surface area contributed by atoms with E-state index in [9.17, 15) is 4.79 Å². The van der Waals surface area contributed by atoms with Crippen LogP contribution < -0.4 is 5.32 Å². The van der Waals surface area contributed by atoms with Gasteiger partial charge in [0.05, 0.1) is 6.26 Å². The first-order valence-corrected chi connectivity index (χ1v) is 6.66. The molecule has 1 aliphatic carbocycles. The number of furan rings is 1. The molecule has 1 aliphatic rings. The fourth-order valence-electron chi connectivity index (χ4n) is 2.26. The summed E-state index contributed by atoms with van der Waals surface area (Å²) in [5, 5.41) is 3.37. The molecule has 0 radical (unpaired) electrons. The maximum atomic E-state index is 11.7. The Morgan fingerprint density at radius 2 is 2.28 bits per heavy atom. The van der Waals surface area contributed by atoms with Crippen molar-refractivity contribution >= 4 is 5.78 Å². The lowest BCUT2D eigenvalue weighted by atomic mass is 9.89. The summed E-state index contributed by atoms with van der Waals surface area (Å²) in [6, 6.07) is 3.83. The Bertz CT molecular complexity index is 418. The van der Waals surface area contributed by atoms with Crippen LogP contribution >= 0.6 is 0 Å². The van der Waals surface area contributed by atoms with Crippen molar-refractivity contribution in [2.45, 2.75) is 39.0 Å². The first kappa shape index (κ1) is 12.9. The Kier molecular flexibility index (Phi) is 4.24. The minimum atomic E-state index is 0.190. The fourth-order valence-corrected chi connectivity index (χ4v) is 2.26. The molecule has 1 unspecified atom stereocenters. The van der Waals surface area contributed by atoms with E-state index in [4.69, 9.17) is 4.42 Å². The largest absolute Gasteiger partial charge is 0.469 e. The molecule has 2 rings (SSSR count). The second kappa shape index (κ2) is 5.89. The van der Waals surface area contributed by atoms with Crippen LogP contribution in [0.3, 0.4) is 0 Å². The molecule has 0 saturated heterocycles. The molecule has 98 valence electrons. The molecule has 18 heavy (non-hydrogen) atoms. The Labute approximate surface area is 108 Å². The SMILES string of the molecule is CC(C)CCNC1=CC(=O)CC(c2ccco2)C1. The molecule has 1 heterocycles. The zero-order chi connectivity index (χ0) is 13.0. The molecular formula is C15H21NO2. The van der Waals surface area contributed by atoms with Crippen molar-refractivity contribution < 1.29 is 9.21 Å². The van der Waals surface area contributed by atoms with Gasteiger partial charge in [-0.15, -0.1) is 0 Å². The Hall–Kier alpha value is -1.51. The van der Waals surface area contributed by atoms with E-state index in [0.29, 0.717) is 12.3 Å².